The molecule has 1 heterocycles. The van der Waals surface area contributed by atoms with Gasteiger partial charge < -0.3 is 5.32 Å². The molecule has 4 saturated carbocycles. The SMILES string of the molecule is O=C(Nc1nn(Cc2c(F)cccc2Cl)cc1Cl)NC12CC3CC(CC(C3)C1)C2. The van der Waals surface area contributed by atoms with Crippen LogP contribution in [0.3, 0.4) is 0 Å². The summed E-state index contributed by atoms with van der Waals surface area (Å²) < 4.78 is 15.5. The molecule has 0 unspecified atom stereocenters. The number of nitrogens with one attached hydrogen (secondary N) is 2. The molecule has 2 N–H and O–H groups in total. The van der Waals surface area contributed by atoms with Gasteiger partial charge in [0.1, 0.15) is 10.8 Å². The third kappa shape index (κ3) is 3.73. The number of amides is 2. The van der Waals surface area contributed by atoms with Gasteiger partial charge in [-0.15, -0.1) is 0 Å². The molecule has 2 amide bonds. The van der Waals surface area contributed by atoms with E-state index in [0.29, 0.717) is 15.6 Å². The summed E-state index contributed by atoms with van der Waals surface area (Å²) >= 11 is 12.3. The van der Waals surface area contributed by atoms with Gasteiger partial charge in [0.15, 0.2) is 5.82 Å². The zero-order valence-electron chi connectivity index (χ0n) is 15.9. The van der Waals surface area contributed by atoms with Crippen molar-refractivity contribution >= 4 is 35.1 Å². The molecule has 2 aromatic rings. The molecule has 0 spiro atoms. The van der Waals surface area contributed by atoms with Crippen LogP contribution in [0.25, 0.3) is 0 Å². The molecule has 8 heteroatoms. The number of carbonyl (C=O) groups excluding carboxylic acids is 1. The molecular weight excluding hydrogens is 414 g/mol. The number of hydrogen-bond donors (Lipinski definition) is 2. The molecular formula is C21H23Cl2FN4O. The van der Waals surface area contributed by atoms with Crippen molar-refractivity contribution in [1.82, 2.24) is 15.1 Å². The van der Waals surface area contributed by atoms with Crippen molar-refractivity contribution in [1.29, 1.82) is 0 Å². The molecule has 6 rings (SSSR count). The predicted molar refractivity (Wildman–Crippen MR) is 111 cm³/mol. The summed E-state index contributed by atoms with van der Waals surface area (Å²) in [5.41, 5.74) is 0.243. The second-order valence-electron chi connectivity index (χ2n) is 9.00. The van der Waals surface area contributed by atoms with Gasteiger partial charge >= 0.3 is 6.03 Å². The van der Waals surface area contributed by atoms with E-state index in [0.717, 1.165) is 37.0 Å². The number of halogens is 3. The fourth-order valence-corrected chi connectivity index (χ4v) is 6.47. The molecule has 0 radical (unpaired) electrons. The quantitative estimate of drug-likeness (QED) is 0.667. The van der Waals surface area contributed by atoms with E-state index in [1.807, 2.05) is 0 Å². The van der Waals surface area contributed by atoms with Gasteiger partial charge in [0.05, 0.1) is 6.54 Å². The van der Waals surface area contributed by atoms with Crippen LogP contribution in [-0.4, -0.2) is 21.4 Å². The summed E-state index contributed by atoms with van der Waals surface area (Å²) in [5.74, 6) is 2.10. The molecule has 4 bridgehead atoms. The highest BCUT2D eigenvalue weighted by molar-refractivity contribution is 6.33. The summed E-state index contributed by atoms with van der Waals surface area (Å²) in [4.78, 5) is 12.7. The number of urea groups is 1. The summed E-state index contributed by atoms with van der Waals surface area (Å²) in [5, 5.41) is 11.0. The number of carbonyl (C=O) groups is 1. The number of anilines is 1. The monoisotopic (exact) mass is 436 g/mol. The molecule has 0 atom stereocenters. The van der Waals surface area contributed by atoms with Crippen molar-refractivity contribution < 1.29 is 9.18 Å². The van der Waals surface area contributed by atoms with Crippen molar-refractivity contribution in [3.8, 4) is 0 Å². The number of rotatable bonds is 4. The highest BCUT2D eigenvalue weighted by Gasteiger charge is 2.51. The van der Waals surface area contributed by atoms with Crippen molar-refractivity contribution in [2.24, 2.45) is 17.8 Å². The molecule has 1 aromatic carbocycles. The second-order valence-corrected chi connectivity index (χ2v) is 9.81. The van der Waals surface area contributed by atoms with Crippen molar-refractivity contribution in [2.75, 3.05) is 5.32 Å². The molecule has 1 aromatic heterocycles. The van der Waals surface area contributed by atoms with Crippen molar-refractivity contribution in [3.05, 3.63) is 45.8 Å². The Labute approximate surface area is 178 Å². The van der Waals surface area contributed by atoms with Gasteiger partial charge in [0, 0.05) is 22.3 Å². The average Bonchev–Trinajstić information content (AvgIpc) is 2.95. The molecule has 4 fully saturated rings. The normalized spacial score (nSPS) is 29.8. The Balaban J connectivity index is 1.27. The maximum absolute atomic E-state index is 14.0. The number of aromatic nitrogens is 2. The summed E-state index contributed by atoms with van der Waals surface area (Å²) in [6.45, 7) is 0.128. The molecule has 5 nitrogen and oxygen atoms in total. The van der Waals surface area contributed by atoms with E-state index in [1.165, 1.54) is 30.0 Å². The first-order chi connectivity index (χ1) is 13.9. The fraction of sp³-hybridized carbons (Fsp3) is 0.524. The van der Waals surface area contributed by atoms with Gasteiger partial charge in [-0.25, -0.2) is 9.18 Å². The lowest BCUT2D eigenvalue weighted by atomic mass is 9.53. The Kier molecular flexibility index (Phi) is 4.74. The van der Waals surface area contributed by atoms with Crippen LogP contribution in [0.1, 0.15) is 44.1 Å². The molecule has 0 aliphatic heterocycles. The van der Waals surface area contributed by atoms with Crippen LogP contribution in [0.15, 0.2) is 24.4 Å². The van der Waals surface area contributed by atoms with E-state index >= 15 is 0 Å². The predicted octanol–water partition coefficient (Wildman–Crippen LogP) is 5.47. The molecule has 0 saturated heterocycles. The van der Waals surface area contributed by atoms with E-state index in [-0.39, 0.29) is 23.9 Å². The Bertz CT molecular complexity index is 905. The van der Waals surface area contributed by atoms with E-state index in [4.69, 9.17) is 23.2 Å². The summed E-state index contributed by atoms with van der Waals surface area (Å²) in [7, 11) is 0. The van der Waals surface area contributed by atoms with Crippen LogP contribution in [-0.2, 0) is 6.54 Å². The first-order valence-electron chi connectivity index (χ1n) is 10.1. The van der Waals surface area contributed by atoms with Gasteiger partial charge in [-0.05, 0) is 68.4 Å². The lowest BCUT2D eigenvalue weighted by Crippen LogP contribution is -2.60. The van der Waals surface area contributed by atoms with Crippen LogP contribution >= 0.6 is 23.2 Å². The Morgan fingerprint density at radius 3 is 2.41 bits per heavy atom. The zero-order chi connectivity index (χ0) is 20.2. The highest BCUT2D eigenvalue weighted by Crippen LogP contribution is 2.55. The molecule has 29 heavy (non-hydrogen) atoms. The molecule has 4 aliphatic carbocycles. The van der Waals surface area contributed by atoms with E-state index < -0.39 is 5.82 Å². The third-order valence-corrected chi connectivity index (χ3v) is 7.38. The minimum Gasteiger partial charge on any atom is -0.332 e. The second kappa shape index (κ2) is 7.17. The smallest absolute Gasteiger partial charge is 0.320 e. The molecule has 4 aliphatic rings. The standard InChI is InChI=1S/C21H23Cl2FN4O/c22-16-2-1-3-18(24)15(16)10-28-11-17(23)19(27-28)25-20(29)26-21-7-12-4-13(8-21)6-14(5-12)9-21/h1-3,11-14H,4-10H2,(H2,25,26,27,29). The van der Waals surface area contributed by atoms with Crippen LogP contribution < -0.4 is 10.6 Å². The summed E-state index contributed by atoms with van der Waals surface area (Å²) in [6, 6.07) is 4.26. The van der Waals surface area contributed by atoms with E-state index in [9.17, 15) is 9.18 Å². The van der Waals surface area contributed by atoms with Crippen LogP contribution in [0, 0.1) is 23.6 Å². The first kappa shape index (κ1) is 19.2. The lowest BCUT2D eigenvalue weighted by molar-refractivity contribution is -0.0127. The van der Waals surface area contributed by atoms with Crippen LogP contribution in [0.5, 0.6) is 0 Å². The van der Waals surface area contributed by atoms with Gasteiger partial charge in [-0.1, -0.05) is 29.3 Å². The zero-order valence-corrected chi connectivity index (χ0v) is 17.4. The van der Waals surface area contributed by atoms with Gasteiger partial charge in [-0.3, -0.25) is 10.00 Å². The fourth-order valence-electron chi connectivity index (χ4n) is 6.05. The number of hydrogen-bond acceptors (Lipinski definition) is 2. The number of nitrogens with zero attached hydrogens (tertiary/aromatic N) is 2. The summed E-state index contributed by atoms with van der Waals surface area (Å²) in [6.07, 6.45) is 8.72. The Morgan fingerprint density at radius 1 is 1.14 bits per heavy atom. The van der Waals surface area contributed by atoms with Crippen LogP contribution in [0.4, 0.5) is 15.0 Å². The Morgan fingerprint density at radius 2 is 1.79 bits per heavy atom. The highest BCUT2D eigenvalue weighted by atomic mass is 35.5. The van der Waals surface area contributed by atoms with Gasteiger partial charge in [0.25, 0.3) is 0 Å². The topological polar surface area (TPSA) is 59.0 Å². The third-order valence-electron chi connectivity index (χ3n) is 6.75. The first-order valence-corrected chi connectivity index (χ1v) is 10.9. The maximum Gasteiger partial charge on any atom is 0.320 e. The number of benzene rings is 1. The van der Waals surface area contributed by atoms with Gasteiger partial charge in [-0.2, -0.15) is 5.10 Å². The van der Waals surface area contributed by atoms with E-state index in [1.54, 1.807) is 18.3 Å². The largest absolute Gasteiger partial charge is 0.332 e. The maximum atomic E-state index is 14.0. The molecule has 154 valence electrons. The van der Waals surface area contributed by atoms with E-state index in [2.05, 4.69) is 15.7 Å². The van der Waals surface area contributed by atoms with Gasteiger partial charge in [0.2, 0.25) is 0 Å². The van der Waals surface area contributed by atoms with Crippen molar-refractivity contribution in [2.45, 2.75) is 50.6 Å². The van der Waals surface area contributed by atoms with Crippen LogP contribution in [0.2, 0.25) is 10.0 Å². The lowest BCUT2D eigenvalue weighted by Gasteiger charge is -2.56. The average molecular weight is 437 g/mol. The minimum atomic E-state index is -0.404. The Hall–Kier alpha value is -1.79. The minimum absolute atomic E-state index is 0.0887. The van der Waals surface area contributed by atoms with Crippen molar-refractivity contribution in [3.63, 3.8) is 0 Å².